The van der Waals surface area contributed by atoms with Gasteiger partial charge in [0.25, 0.3) is 0 Å². The monoisotopic (exact) mass is 432 g/mol. The first-order valence-corrected chi connectivity index (χ1v) is 11.2. The van der Waals surface area contributed by atoms with Gasteiger partial charge in [0.2, 0.25) is 6.23 Å². The molecule has 0 spiro atoms. The minimum atomic E-state index is -0.283. The van der Waals surface area contributed by atoms with Gasteiger partial charge in [-0.15, -0.1) is 0 Å². The van der Waals surface area contributed by atoms with Crippen LogP contribution in [0.3, 0.4) is 0 Å². The second-order valence-electron chi connectivity index (χ2n) is 7.93. The maximum atomic E-state index is 6.43. The van der Waals surface area contributed by atoms with Crippen LogP contribution in [-0.2, 0) is 0 Å². The lowest BCUT2D eigenvalue weighted by atomic mass is 9.96. The summed E-state index contributed by atoms with van der Waals surface area (Å²) in [6.07, 6.45) is 2.73. The average Bonchev–Trinajstić information content (AvgIpc) is 3.25. The van der Waals surface area contributed by atoms with Crippen LogP contribution in [0.25, 0.3) is 0 Å². The van der Waals surface area contributed by atoms with Gasteiger partial charge in [-0.25, -0.2) is 5.01 Å². The molecule has 0 aromatic heterocycles. The number of rotatable bonds is 6. The number of unbranched alkanes of at least 4 members (excludes halogenated alkanes) is 1. The second kappa shape index (κ2) is 8.64. The molecular formula is C26H25ClN2O2. The summed E-state index contributed by atoms with van der Waals surface area (Å²) in [7, 11) is 0. The third kappa shape index (κ3) is 4.00. The summed E-state index contributed by atoms with van der Waals surface area (Å²) in [6, 6.07) is 24.5. The zero-order chi connectivity index (χ0) is 21.2. The molecule has 0 N–H and O–H groups in total. The standard InChI is InChI=1S/C26H25ClN2O2/c1-2-3-16-30-21-14-10-19(11-15-21)26-29-24(22-6-4-5-7-25(22)31-26)17-23(28-29)18-8-12-20(27)13-9-18/h4-15,24,26H,2-3,16-17H2,1H3/t24-,26+/m1/s1. The number of benzene rings is 3. The van der Waals surface area contributed by atoms with Gasteiger partial charge >= 0.3 is 0 Å². The van der Waals surface area contributed by atoms with Crippen LogP contribution >= 0.6 is 11.6 Å². The Labute approximate surface area is 188 Å². The number of nitrogens with zero attached hydrogens (tertiary/aromatic N) is 2. The lowest BCUT2D eigenvalue weighted by Crippen LogP contribution is -2.33. The molecule has 0 amide bonds. The van der Waals surface area contributed by atoms with E-state index in [-0.39, 0.29) is 12.3 Å². The maximum absolute atomic E-state index is 6.43. The number of halogens is 1. The highest BCUT2D eigenvalue weighted by Crippen LogP contribution is 2.47. The Hall–Kier alpha value is -2.98. The third-order valence-electron chi connectivity index (χ3n) is 5.81. The Balaban J connectivity index is 1.46. The molecule has 0 radical (unpaired) electrons. The van der Waals surface area contributed by atoms with Gasteiger partial charge in [-0.3, -0.25) is 0 Å². The van der Waals surface area contributed by atoms with Gasteiger partial charge < -0.3 is 9.47 Å². The summed E-state index contributed by atoms with van der Waals surface area (Å²) in [5.41, 5.74) is 4.37. The van der Waals surface area contributed by atoms with Crippen molar-refractivity contribution < 1.29 is 9.47 Å². The van der Waals surface area contributed by atoms with Crippen LogP contribution in [0.5, 0.6) is 11.5 Å². The summed E-state index contributed by atoms with van der Waals surface area (Å²) < 4.78 is 12.3. The third-order valence-corrected chi connectivity index (χ3v) is 6.06. The Morgan fingerprint density at radius 3 is 2.58 bits per heavy atom. The molecule has 31 heavy (non-hydrogen) atoms. The summed E-state index contributed by atoms with van der Waals surface area (Å²) in [5, 5.41) is 7.83. The van der Waals surface area contributed by atoms with E-state index in [4.69, 9.17) is 26.2 Å². The summed E-state index contributed by atoms with van der Waals surface area (Å²) >= 11 is 6.08. The highest BCUT2D eigenvalue weighted by molar-refractivity contribution is 6.30. The quantitative estimate of drug-likeness (QED) is 0.403. The fourth-order valence-electron chi connectivity index (χ4n) is 4.13. The molecule has 2 heterocycles. The molecule has 0 unspecified atom stereocenters. The van der Waals surface area contributed by atoms with Crippen molar-refractivity contribution in [2.24, 2.45) is 5.10 Å². The molecule has 2 aliphatic heterocycles. The van der Waals surface area contributed by atoms with Crippen molar-refractivity contribution in [2.75, 3.05) is 6.61 Å². The zero-order valence-electron chi connectivity index (χ0n) is 17.5. The van der Waals surface area contributed by atoms with E-state index in [2.05, 4.69) is 36.2 Å². The number of hydrogen-bond donors (Lipinski definition) is 0. The molecule has 3 aromatic carbocycles. The SMILES string of the molecule is CCCCOc1ccc([C@@H]2Oc3ccccc3[C@H]3CC(c4ccc(Cl)cc4)=NN32)cc1. The van der Waals surface area contributed by atoms with E-state index in [1.807, 2.05) is 48.5 Å². The lowest BCUT2D eigenvalue weighted by Gasteiger charge is -2.38. The van der Waals surface area contributed by atoms with Crippen molar-refractivity contribution in [1.29, 1.82) is 0 Å². The van der Waals surface area contributed by atoms with Crippen molar-refractivity contribution in [3.63, 3.8) is 0 Å². The molecule has 0 bridgehead atoms. The van der Waals surface area contributed by atoms with Gasteiger partial charge in [0, 0.05) is 22.6 Å². The molecule has 4 nitrogen and oxygen atoms in total. The molecular weight excluding hydrogens is 408 g/mol. The molecule has 0 fully saturated rings. The van der Waals surface area contributed by atoms with Crippen LogP contribution in [-0.4, -0.2) is 17.3 Å². The van der Waals surface area contributed by atoms with Crippen LogP contribution in [0.2, 0.25) is 5.02 Å². The molecule has 0 aliphatic carbocycles. The van der Waals surface area contributed by atoms with Crippen molar-refractivity contribution in [1.82, 2.24) is 5.01 Å². The van der Waals surface area contributed by atoms with Crippen molar-refractivity contribution >= 4 is 17.3 Å². The van der Waals surface area contributed by atoms with Crippen molar-refractivity contribution in [3.8, 4) is 11.5 Å². The van der Waals surface area contributed by atoms with E-state index >= 15 is 0 Å². The Morgan fingerprint density at radius 1 is 1.03 bits per heavy atom. The summed E-state index contributed by atoms with van der Waals surface area (Å²) in [6.45, 7) is 2.90. The van der Waals surface area contributed by atoms with Gasteiger partial charge in [0.05, 0.1) is 18.4 Å². The Bertz CT molecular complexity index is 1080. The van der Waals surface area contributed by atoms with Crippen LogP contribution in [0.4, 0.5) is 0 Å². The Kier molecular flexibility index (Phi) is 5.56. The molecule has 2 aliphatic rings. The highest BCUT2D eigenvalue weighted by atomic mass is 35.5. The van der Waals surface area contributed by atoms with E-state index in [1.165, 1.54) is 5.56 Å². The second-order valence-corrected chi connectivity index (χ2v) is 8.37. The van der Waals surface area contributed by atoms with Crippen LogP contribution in [0.1, 0.15) is 55.1 Å². The summed E-state index contributed by atoms with van der Waals surface area (Å²) in [5.74, 6) is 1.81. The topological polar surface area (TPSA) is 34.1 Å². The first-order valence-electron chi connectivity index (χ1n) is 10.8. The minimum absolute atomic E-state index is 0.140. The fourth-order valence-corrected chi connectivity index (χ4v) is 4.26. The molecule has 2 atom stereocenters. The van der Waals surface area contributed by atoms with Crippen molar-refractivity contribution in [2.45, 2.75) is 38.5 Å². The van der Waals surface area contributed by atoms with E-state index in [1.54, 1.807) is 0 Å². The van der Waals surface area contributed by atoms with Crippen LogP contribution in [0, 0.1) is 0 Å². The first-order chi connectivity index (χ1) is 15.2. The lowest BCUT2D eigenvalue weighted by molar-refractivity contribution is -0.0190. The van der Waals surface area contributed by atoms with Crippen LogP contribution < -0.4 is 9.47 Å². The first kappa shape index (κ1) is 20.0. The summed E-state index contributed by atoms with van der Waals surface area (Å²) in [4.78, 5) is 0. The number of hydrogen-bond acceptors (Lipinski definition) is 4. The van der Waals surface area contributed by atoms with Crippen LogP contribution in [0.15, 0.2) is 77.9 Å². The maximum Gasteiger partial charge on any atom is 0.213 e. The zero-order valence-corrected chi connectivity index (χ0v) is 18.3. The number of hydrazone groups is 1. The van der Waals surface area contributed by atoms with Gasteiger partial charge in [-0.05, 0) is 54.4 Å². The predicted octanol–water partition coefficient (Wildman–Crippen LogP) is 6.76. The smallest absolute Gasteiger partial charge is 0.213 e. The average molecular weight is 433 g/mol. The molecule has 5 heteroatoms. The Morgan fingerprint density at radius 2 is 1.81 bits per heavy atom. The number of para-hydroxylation sites is 1. The van der Waals surface area contributed by atoms with Gasteiger partial charge in [0.1, 0.15) is 11.5 Å². The van der Waals surface area contributed by atoms with Gasteiger partial charge in [-0.1, -0.05) is 55.3 Å². The fraction of sp³-hybridized carbons (Fsp3) is 0.269. The van der Waals surface area contributed by atoms with E-state index < -0.39 is 0 Å². The predicted molar refractivity (Wildman–Crippen MR) is 124 cm³/mol. The van der Waals surface area contributed by atoms with E-state index in [0.717, 1.165) is 59.2 Å². The van der Waals surface area contributed by atoms with Gasteiger partial charge in [-0.2, -0.15) is 5.10 Å². The number of ether oxygens (including phenoxy) is 2. The molecule has 5 rings (SSSR count). The largest absolute Gasteiger partial charge is 0.494 e. The highest BCUT2D eigenvalue weighted by Gasteiger charge is 2.40. The number of fused-ring (bicyclic) bond motifs is 3. The molecule has 3 aromatic rings. The van der Waals surface area contributed by atoms with Gasteiger partial charge in [0.15, 0.2) is 0 Å². The molecule has 158 valence electrons. The normalized spacial score (nSPS) is 19.3. The molecule has 0 saturated heterocycles. The van der Waals surface area contributed by atoms with E-state index in [9.17, 15) is 0 Å². The molecule has 0 saturated carbocycles. The van der Waals surface area contributed by atoms with Crippen molar-refractivity contribution in [3.05, 3.63) is 94.5 Å². The minimum Gasteiger partial charge on any atom is -0.494 e. The van der Waals surface area contributed by atoms with E-state index in [0.29, 0.717) is 0 Å².